The summed E-state index contributed by atoms with van der Waals surface area (Å²) in [6, 6.07) is 0.266. The van der Waals surface area contributed by atoms with E-state index in [2.05, 4.69) is 10.3 Å². The molecule has 148 valence electrons. The predicted molar refractivity (Wildman–Crippen MR) is 90.0 cm³/mol. The monoisotopic (exact) mass is 386 g/mol. The van der Waals surface area contributed by atoms with E-state index < -0.39 is 29.5 Å². The van der Waals surface area contributed by atoms with Gasteiger partial charge in [-0.1, -0.05) is 0 Å². The summed E-state index contributed by atoms with van der Waals surface area (Å²) in [5.74, 6) is -0.0370. The molecule has 0 aromatic carbocycles. The maximum absolute atomic E-state index is 12.9. The van der Waals surface area contributed by atoms with Gasteiger partial charge in [0.15, 0.2) is 0 Å². The molecule has 0 unspecified atom stereocenters. The fourth-order valence-corrected chi connectivity index (χ4v) is 3.10. The van der Waals surface area contributed by atoms with Crippen LogP contribution in [-0.4, -0.2) is 53.2 Å². The van der Waals surface area contributed by atoms with E-state index in [0.29, 0.717) is 11.4 Å². The first-order valence-electron chi connectivity index (χ1n) is 8.54. The highest BCUT2D eigenvalue weighted by atomic mass is 19.4. The van der Waals surface area contributed by atoms with Crippen molar-refractivity contribution in [3.63, 3.8) is 0 Å². The van der Waals surface area contributed by atoms with Gasteiger partial charge in [-0.05, 0) is 26.8 Å². The summed E-state index contributed by atoms with van der Waals surface area (Å²) >= 11 is 0. The Kier molecular flexibility index (Phi) is 4.69. The molecule has 2 amide bonds. The standard InChI is InChI=1S/C17H21F3N4O3/c1-16(2,3)27-15(26)23-4-5-24-12(9-23)14(25)22-7-10-6-11(17(18,19)20)8-21-13(10)24/h6,8,12H,4-5,7,9H2,1-3H3,(H,22,25)/t12-/m1/s1. The Morgan fingerprint density at radius 1 is 1.30 bits per heavy atom. The van der Waals surface area contributed by atoms with Crippen molar-refractivity contribution in [1.29, 1.82) is 0 Å². The molecule has 27 heavy (non-hydrogen) atoms. The number of amides is 2. The van der Waals surface area contributed by atoms with Crippen molar-refractivity contribution < 1.29 is 27.5 Å². The van der Waals surface area contributed by atoms with Gasteiger partial charge in [-0.25, -0.2) is 9.78 Å². The van der Waals surface area contributed by atoms with Gasteiger partial charge in [0.2, 0.25) is 5.91 Å². The van der Waals surface area contributed by atoms with E-state index >= 15 is 0 Å². The van der Waals surface area contributed by atoms with Crippen molar-refractivity contribution in [3.05, 3.63) is 23.4 Å². The molecule has 1 atom stereocenters. The van der Waals surface area contributed by atoms with Gasteiger partial charge in [0.05, 0.1) is 12.1 Å². The van der Waals surface area contributed by atoms with Gasteiger partial charge in [0.25, 0.3) is 0 Å². The lowest BCUT2D eigenvalue weighted by atomic mass is 10.1. The SMILES string of the molecule is CC(C)(C)OC(=O)N1CCN2c3ncc(C(F)(F)F)cc3CNC(=O)[C@H]2C1. The maximum Gasteiger partial charge on any atom is 0.417 e. The number of piperazine rings is 1. The predicted octanol–water partition coefficient (Wildman–Crippen LogP) is 2.16. The lowest BCUT2D eigenvalue weighted by Gasteiger charge is -2.40. The molecule has 2 aliphatic heterocycles. The summed E-state index contributed by atoms with van der Waals surface area (Å²) in [5.41, 5.74) is -1.23. The van der Waals surface area contributed by atoms with Gasteiger partial charge >= 0.3 is 12.3 Å². The van der Waals surface area contributed by atoms with E-state index in [0.717, 1.165) is 12.3 Å². The number of aromatic nitrogens is 1. The number of rotatable bonds is 0. The smallest absolute Gasteiger partial charge is 0.417 e. The number of pyridine rings is 1. The van der Waals surface area contributed by atoms with Crippen LogP contribution in [-0.2, 0) is 22.3 Å². The Labute approximate surface area is 154 Å². The van der Waals surface area contributed by atoms with Crippen molar-refractivity contribution in [1.82, 2.24) is 15.2 Å². The van der Waals surface area contributed by atoms with Crippen molar-refractivity contribution in [3.8, 4) is 0 Å². The molecular formula is C17H21F3N4O3. The number of carbonyl (C=O) groups is 2. The Morgan fingerprint density at radius 2 is 2.00 bits per heavy atom. The van der Waals surface area contributed by atoms with E-state index in [1.165, 1.54) is 4.90 Å². The largest absolute Gasteiger partial charge is 0.444 e. The number of halogens is 3. The molecule has 1 aromatic rings. The summed E-state index contributed by atoms with van der Waals surface area (Å²) in [6.45, 7) is 5.81. The zero-order valence-corrected chi connectivity index (χ0v) is 15.3. The van der Waals surface area contributed by atoms with Crippen LogP contribution in [0.1, 0.15) is 31.9 Å². The quantitative estimate of drug-likeness (QED) is 0.740. The third-order valence-corrected chi connectivity index (χ3v) is 4.33. The second-order valence-corrected chi connectivity index (χ2v) is 7.56. The van der Waals surface area contributed by atoms with Gasteiger partial charge in [0, 0.05) is 31.4 Å². The topological polar surface area (TPSA) is 74.8 Å². The van der Waals surface area contributed by atoms with Crippen LogP contribution in [0.4, 0.5) is 23.8 Å². The number of nitrogens with zero attached hydrogens (tertiary/aromatic N) is 3. The molecule has 1 aromatic heterocycles. The molecule has 10 heteroatoms. The van der Waals surface area contributed by atoms with Gasteiger partial charge in [-0.3, -0.25) is 4.79 Å². The molecule has 1 saturated heterocycles. The molecular weight excluding hydrogens is 365 g/mol. The van der Waals surface area contributed by atoms with Crippen molar-refractivity contribution in [2.24, 2.45) is 0 Å². The Hall–Kier alpha value is -2.52. The minimum atomic E-state index is -4.51. The minimum absolute atomic E-state index is 0.0511. The first-order chi connectivity index (χ1) is 12.5. The number of ether oxygens (including phenoxy) is 1. The van der Waals surface area contributed by atoms with Gasteiger partial charge < -0.3 is 19.9 Å². The van der Waals surface area contributed by atoms with Crippen LogP contribution in [0, 0.1) is 0 Å². The fraction of sp³-hybridized carbons (Fsp3) is 0.588. The van der Waals surface area contributed by atoms with E-state index in [1.54, 1.807) is 25.7 Å². The summed E-state index contributed by atoms with van der Waals surface area (Å²) in [4.78, 5) is 31.8. The molecule has 3 heterocycles. The number of alkyl halides is 3. The molecule has 0 radical (unpaired) electrons. The highest BCUT2D eigenvalue weighted by Gasteiger charge is 2.40. The normalized spacial score (nSPS) is 20.4. The fourth-order valence-electron chi connectivity index (χ4n) is 3.10. The zero-order valence-electron chi connectivity index (χ0n) is 15.3. The Bertz CT molecular complexity index is 761. The van der Waals surface area contributed by atoms with Gasteiger partial charge in [0.1, 0.15) is 17.5 Å². The van der Waals surface area contributed by atoms with E-state index in [-0.39, 0.29) is 32.1 Å². The third-order valence-electron chi connectivity index (χ3n) is 4.33. The molecule has 0 saturated carbocycles. The minimum Gasteiger partial charge on any atom is -0.444 e. The second-order valence-electron chi connectivity index (χ2n) is 7.56. The van der Waals surface area contributed by atoms with Crippen LogP contribution in [0.5, 0.6) is 0 Å². The number of carbonyl (C=O) groups excluding carboxylic acids is 2. The van der Waals surface area contributed by atoms with Crippen molar-refractivity contribution >= 4 is 17.8 Å². The molecule has 0 bridgehead atoms. The van der Waals surface area contributed by atoms with Crippen LogP contribution in [0.15, 0.2) is 12.3 Å². The van der Waals surface area contributed by atoms with Crippen molar-refractivity contribution in [2.75, 3.05) is 24.5 Å². The molecule has 0 aliphatic carbocycles. The van der Waals surface area contributed by atoms with E-state index in [1.807, 2.05) is 0 Å². The van der Waals surface area contributed by atoms with Gasteiger partial charge in [-0.15, -0.1) is 0 Å². The van der Waals surface area contributed by atoms with Crippen LogP contribution < -0.4 is 10.2 Å². The number of hydrogen-bond acceptors (Lipinski definition) is 5. The summed E-state index contributed by atoms with van der Waals surface area (Å²) in [5, 5.41) is 2.62. The average molecular weight is 386 g/mol. The molecule has 0 spiro atoms. The molecule has 2 aliphatic rings. The van der Waals surface area contributed by atoms with E-state index in [4.69, 9.17) is 4.74 Å². The molecule has 3 rings (SSSR count). The summed E-state index contributed by atoms with van der Waals surface area (Å²) < 4.78 is 44.2. The lowest BCUT2D eigenvalue weighted by molar-refractivity contribution is -0.137. The first kappa shape index (κ1) is 19.2. The maximum atomic E-state index is 12.9. The summed E-state index contributed by atoms with van der Waals surface area (Å²) in [6.07, 6.45) is -4.26. The molecule has 1 fully saturated rings. The van der Waals surface area contributed by atoms with E-state index in [9.17, 15) is 22.8 Å². The van der Waals surface area contributed by atoms with Crippen LogP contribution in [0.2, 0.25) is 0 Å². The van der Waals surface area contributed by atoms with Gasteiger partial charge in [-0.2, -0.15) is 13.2 Å². The third kappa shape index (κ3) is 4.09. The second kappa shape index (κ2) is 6.58. The number of nitrogens with one attached hydrogen (secondary N) is 1. The van der Waals surface area contributed by atoms with Crippen LogP contribution in [0.25, 0.3) is 0 Å². The first-order valence-corrected chi connectivity index (χ1v) is 8.54. The Morgan fingerprint density at radius 3 is 2.63 bits per heavy atom. The number of anilines is 1. The highest BCUT2D eigenvalue weighted by molar-refractivity contribution is 5.88. The van der Waals surface area contributed by atoms with Crippen LogP contribution >= 0.6 is 0 Å². The van der Waals surface area contributed by atoms with Crippen molar-refractivity contribution in [2.45, 2.75) is 45.1 Å². The lowest BCUT2D eigenvalue weighted by Crippen LogP contribution is -2.60. The highest BCUT2D eigenvalue weighted by Crippen LogP contribution is 2.33. The number of fused-ring (bicyclic) bond motifs is 3. The zero-order chi connectivity index (χ0) is 20.0. The summed E-state index contributed by atoms with van der Waals surface area (Å²) in [7, 11) is 0. The molecule has 1 N–H and O–H groups in total. The Balaban J connectivity index is 1.85. The molecule has 7 nitrogen and oxygen atoms in total. The number of hydrogen-bond donors (Lipinski definition) is 1. The van der Waals surface area contributed by atoms with Crippen LogP contribution in [0.3, 0.4) is 0 Å². The average Bonchev–Trinajstić information content (AvgIpc) is 2.69.